The van der Waals surface area contributed by atoms with Crippen molar-refractivity contribution in [3.05, 3.63) is 46.7 Å². The summed E-state index contributed by atoms with van der Waals surface area (Å²) in [5.41, 5.74) is 2.56. The van der Waals surface area contributed by atoms with Crippen molar-refractivity contribution in [2.75, 3.05) is 13.1 Å². The summed E-state index contributed by atoms with van der Waals surface area (Å²) >= 11 is 0. The Morgan fingerprint density at radius 2 is 1.88 bits per heavy atom. The van der Waals surface area contributed by atoms with Crippen LogP contribution >= 0.6 is 0 Å². The lowest BCUT2D eigenvalue weighted by molar-refractivity contribution is -0.157. The predicted molar refractivity (Wildman–Crippen MR) is 83.1 cm³/mol. The van der Waals surface area contributed by atoms with Gasteiger partial charge < -0.3 is 9.32 Å². The molecule has 8 heteroatoms. The molecule has 1 aromatic carbocycles. The lowest BCUT2D eigenvalue weighted by atomic mass is 9.97. The summed E-state index contributed by atoms with van der Waals surface area (Å²) in [6.07, 6.45) is -3.38. The maximum atomic E-state index is 12.7. The van der Waals surface area contributed by atoms with Gasteiger partial charge in [0.15, 0.2) is 0 Å². The van der Waals surface area contributed by atoms with Crippen LogP contribution in [0.3, 0.4) is 0 Å². The normalized spacial score (nSPS) is 18.4. The molecule has 1 atom stereocenters. The molecular formula is C17H18F3N3O2. The Morgan fingerprint density at radius 1 is 1.20 bits per heavy atom. The van der Waals surface area contributed by atoms with Crippen molar-refractivity contribution in [2.24, 2.45) is 0 Å². The third-order valence-electron chi connectivity index (χ3n) is 4.21. The van der Waals surface area contributed by atoms with Crippen molar-refractivity contribution >= 4 is 5.91 Å². The molecule has 0 radical (unpaired) electrons. The van der Waals surface area contributed by atoms with E-state index < -0.39 is 12.1 Å². The van der Waals surface area contributed by atoms with Crippen LogP contribution in [-0.4, -0.2) is 34.1 Å². The van der Waals surface area contributed by atoms with Crippen LogP contribution in [0.5, 0.6) is 0 Å². The minimum Gasteiger partial charge on any atom is -0.417 e. The van der Waals surface area contributed by atoms with E-state index in [9.17, 15) is 18.0 Å². The van der Waals surface area contributed by atoms with Gasteiger partial charge in [-0.25, -0.2) is 0 Å². The summed E-state index contributed by atoms with van der Waals surface area (Å²) in [6, 6.07) is 5.60. The van der Waals surface area contributed by atoms with Gasteiger partial charge in [-0.2, -0.15) is 13.2 Å². The summed E-state index contributed by atoms with van der Waals surface area (Å²) in [5.74, 6) is -1.93. The first-order valence-corrected chi connectivity index (χ1v) is 8.02. The minimum atomic E-state index is -4.66. The molecule has 3 rings (SSSR count). The quantitative estimate of drug-likeness (QED) is 0.826. The number of alkyl halides is 3. The fourth-order valence-corrected chi connectivity index (χ4v) is 3.16. The largest absolute Gasteiger partial charge is 0.470 e. The summed E-state index contributed by atoms with van der Waals surface area (Å²) in [5, 5.41) is 6.60. The zero-order valence-corrected chi connectivity index (χ0v) is 13.9. The molecular weight excluding hydrogens is 335 g/mol. The van der Waals surface area contributed by atoms with Crippen LogP contribution in [0.1, 0.15) is 52.0 Å². The maximum Gasteiger partial charge on any atom is 0.470 e. The second-order valence-corrected chi connectivity index (χ2v) is 6.41. The van der Waals surface area contributed by atoms with Crippen LogP contribution in [-0.2, 0) is 6.18 Å². The Kier molecular flexibility index (Phi) is 4.53. The Morgan fingerprint density at radius 3 is 2.48 bits per heavy atom. The lowest BCUT2D eigenvalue weighted by Crippen LogP contribution is -2.39. The second kappa shape index (κ2) is 6.50. The van der Waals surface area contributed by atoms with Crippen molar-refractivity contribution in [3.63, 3.8) is 0 Å². The monoisotopic (exact) mass is 353 g/mol. The fraction of sp³-hybridized carbons (Fsp3) is 0.471. The number of nitrogens with zero attached hydrogens (tertiary/aromatic N) is 3. The van der Waals surface area contributed by atoms with Gasteiger partial charge in [0.25, 0.3) is 5.91 Å². The van der Waals surface area contributed by atoms with Gasteiger partial charge in [-0.3, -0.25) is 4.79 Å². The van der Waals surface area contributed by atoms with Gasteiger partial charge in [0.05, 0.1) is 5.92 Å². The number of piperidine rings is 1. The van der Waals surface area contributed by atoms with E-state index in [-0.39, 0.29) is 24.3 Å². The third-order valence-corrected chi connectivity index (χ3v) is 4.21. The Balaban J connectivity index is 1.76. The average molecular weight is 353 g/mol. The van der Waals surface area contributed by atoms with Gasteiger partial charge in [0, 0.05) is 18.7 Å². The molecule has 0 saturated carbocycles. The molecule has 1 fully saturated rings. The highest BCUT2D eigenvalue weighted by atomic mass is 19.4. The zero-order valence-electron chi connectivity index (χ0n) is 13.9. The van der Waals surface area contributed by atoms with Crippen LogP contribution in [0, 0.1) is 13.8 Å². The molecule has 1 amide bonds. The molecule has 1 aliphatic heterocycles. The Labute approximate surface area is 142 Å². The Hall–Kier alpha value is -2.38. The van der Waals surface area contributed by atoms with Crippen molar-refractivity contribution < 1.29 is 22.4 Å². The predicted octanol–water partition coefficient (Wildman–Crippen LogP) is 3.73. The lowest BCUT2D eigenvalue weighted by Gasteiger charge is -2.31. The number of hydrogen-bond acceptors (Lipinski definition) is 4. The van der Waals surface area contributed by atoms with Gasteiger partial charge in [-0.1, -0.05) is 17.2 Å². The Bertz CT molecular complexity index is 765. The topological polar surface area (TPSA) is 59.2 Å². The molecule has 0 N–H and O–H groups in total. The van der Waals surface area contributed by atoms with E-state index in [1.54, 1.807) is 4.90 Å². The third kappa shape index (κ3) is 3.83. The van der Waals surface area contributed by atoms with E-state index in [1.165, 1.54) is 0 Å². The number of carbonyl (C=O) groups is 1. The molecule has 1 aliphatic rings. The van der Waals surface area contributed by atoms with E-state index in [2.05, 4.69) is 10.2 Å². The number of halogens is 3. The zero-order chi connectivity index (χ0) is 18.2. The molecule has 2 aromatic rings. The van der Waals surface area contributed by atoms with Crippen LogP contribution < -0.4 is 0 Å². The van der Waals surface area contributed by atoms with Gasteiger partial charge in [-0.05, 0) is 38.8 Å². The minimum absolute atomic E-state index is 0.0646. The van der Waals surface area contributed by atoms with Gasteiger partial charge in [0.2, 0.25) is 5.89 Å². The number of hydrogen-bond donors (Lipinski definition) is 0. The number of amides is 1. The van der Waals surface area contributed by atoms with Crippen LogP contribution in [0.25, 0.3) is 0 Å². The van der Waals surface area contributed by atoms with E-state index in [0.29, 0.717) is 24.9 Å². The van der Waals surface area contributed by atoms with E-state index >= 15 is 0 Å². The SMILES string of the molecule is Cc1cc(C)cc(C(=O)N2CCCC(c3nnc(C(F)(F)F)o3)C2)c1. The van der Waals surface area contributed by atoms with Crippen molar-refractivity contribution in [2.45, 2.75) is 38.8 Å². The first-order valence-electron chi connectivity index (χ1n) is 8.02. The second-order valence-electron chi connectivity index (χ2n) is 6.41. The average Bonchev–Trinajstić information content (AvgIpc) is 3.03. The number of aromatic nitrogens is 2. The summed E-state index contributed by atoms with van der Waals surface area (Å²) in [6.45, 7) is 4.66. The molecule has 25 heavy (non-hydrogen) atoms. The molecule has 1 saturated heterocycles. The molecule has 134 valence electrons. The van der Waals surface area contributed by atoms with Crippen molar-refractivity contribution in [1.82, 2.24) is 15.1 Å². The molecule has 0 bridgehead atoms. The first kappa shape index (κ1) is 17.4. The molecule has 5 nitrogen and oxygen atoms in total. The van der Waals surface area contributed by atoms with Crippen LogP contribution in [0.4, 0.5) is 13.2 Å². The number of likely N-dealkylation sites (tertiary alicyclic amines) is 1. The van der Waals surface area contributed by atoms with E-state index in [0.717, 1.165) is 11.1 Å². The number of aryl methyl sites for hydroxylation is 2. The summed E-state index contributed by atoms with van der Waals surface area (Å²) < 4.78 is 42.6. The van der Waals surface area contributed by atoms with Gasteiger partial charge >= 0.3 is 12.1 Å². The smallest absolute Gasteiger partial charge is 0.417 e. The van der Waals surface area contributed by atoms with Crippen LogP contribution in [0.15, 0.2) is 22.6 Å². The molecule has 0 spiro atoms. The first-order chi connectivity index (χ1) is 11.7. The summed E-state index contributed by atoms with van der Waals surface area (Å²) in [7, 11) is 0. The molecule has 1 aromatic heterocycles. The molecule has 2 heterocycles. The highest BCUT2D eigenvalue weighted by molar-refractivity contribution is 5.94. The van der Waals surface area contributed by atoms with Crippen LogP contribution in [0.2, 0.25) is 0 Å². The van der Waals surface area contributed by atoms with E-state index in [4.69, 9.17) is 4.42 Å². The summed E-state index contributed by atoms with van der Waals surface area (Å²) in [4.78, 5) is 14.4. The number of rotatable bonds is 2. The maximum absolute atomic E-state index is 12.7. The van der Waals surface area contributed by atoms with Crippen molar-refractivity contribution in [1.29, 1.82) is 0 Å². The number of carbonyl (C=O) groups excluding carboxylic acids is 1. The van der Waals surface area contributed by atoms with Gasteiger partial charge in [-0.15, -0.1) is 10.2 Å². The molecule has 1 unspecified atom stereocenters. The fourth-order valence-electron chi connectivity index (χ4n) is 3.16. The van der Waals surface area contributed by atoms with Crippen molar-refractivity contribution in [3.8, 4) is 0 Å². The van der Waals surface area contributed by atoms with Gasteiger partial charge in [0.1, 0.15) is 0 Å². The standard InChI is InChI=1S/C17H18F3N3O2/c1-10-6-11(2)8-13(7-10)15(24)23-5-3-4-12(9-23)14-21-22-16(25-14)17(18,19)20/h6-8,12H,3-5,9H2,1-2H3. The highest BCUT2D eigenvalue weighted by Gasteiger charge is 2.39. The highest BCUT2D eigenvalue weighted by Crippen LogP contribution is 2.32. The number of benzene rings is 1. The molecule has 0 aliphatic carbocycles. The van der Waals surface area contributed by atoms with E-state index in [1.807, 2.05) is 32.0 Å².